The topological polar surface area (TPSA) is 78.4 Å². The van der Waals surface area contributed by atoms with Crippen LogP contribution in [0.4, 0.5) is 27.9 Å². The molecule has 1 saturated carbocycles. The summed E-state index contributed by atoms with van der Waals surface area (Å²) in [6.07, 6.45) is 10.7. The van der Waals surface area contributed by atoms with E-state index in [1.807, 2.05) is 0 Å². The number of hydrogen-bond donors (Lipinski definition) is 2. The first-order chi connectivity index (χ1) is 15.7. The van der Waals surface area contributed by atoms with E-state index in [1.165, 1.54) is 44.6 Å². The Morgan fingerprint density at radius 1 is 1.03 bits per heavy atom. The number of halogens is 1. The van der Waals surface area contributed by atoms with E-state index >= 15 is 0 Å². The molecule has 32 heavy (non-hydrogen) atoms. The van der Waals surface area contributed by atoms with Crippen molar-refractivity contribution in [1.29, 1.82) is 0 Å². The lowest BCUT2D eigenvalue weighted by Crippen LogP contribution is -2.28. The first kappa shape index (κ1) is 20.8. The van der Waals surface area contributed by atoms with Crippen molar-refractivity contribution in [3.8, 4) is 5.75 Å². The Hall–Kier alpha value is -3.10. The second-order valence-corrected chi connectivity index (χ2v) is 8.68. The molecule has 170 valence electrons. The molecule has 1 aliphatic carbocycles. The molecule has 8 nitrogen and oxygen atoms in total. The third kappa shape index (κ3) is 4.56. The quantitative estimate of drug-likeness (QED) is 0.647. The largest absolute Gasteiger partial charge is 0.494 e. The Labute approximate surface area is 187 Å². The van der Waals surface area contributed by atoms with E-state index in [2.05, 4.69) is 36.5 Å². The van der Waals surface area contributed by atoms with Gasteiger partial charge in [-0.1, -0.05) is 31.8 Å². The minimum Gasteiger partial charge on any atom is -0.494 e. The maximum atomic E-state index is 14.2. The summed E-state index contributed by atoms with van der Waals surface area (Å²) < 4.78 is 19.2. The predicted octanol–water partition coefficient (Wildman–Crippen LogP) is 4.26. The van der Waals surface area contributed by atoms with E-state index in [0.717, 1.165) is 39.0 Å². The van der Waals surface area contributed by atoms with E-state index in [0.29, 0.717) is 29.6 Å². The Morgan fingerprint density at radius 3 is 2.59 bits per heavy atom. The monoisotopic (exact) mass is 439 g/mol. The van der Waals surface area contributed by atoms with Gasteiger partial charge in [0.25, 0.3) is 0 Å². The molecule has 2 aliphatic heterocycles. The van der Waals surface area contributed by atoms with Crippen LogP contribution in [-0.2, 0) is 0 Å². The third-order valence-electron chi connectivity index (χ3n) is 6.38. The minimum absolute atomic E-state index is 0.202. The van der Waals surface area contributed by atoms with Crippen LogP contribution in [0.1, 0.15) is 44.9 Å². The molecular weight excluding hydrogens is 409 g/mol. The number of anilines is 4. The Morgan fingerprint density at radius 2 is 1.84 bits per heavy atom. The lowest BCUT2D eigenvalue weighted by atomic mass is 10.1. The highest BCUT2D eigenvalue weighted by molar-refractivity contribution is 5.57. The Kier molecular flexibility index (Phi) is 5.96. The summed E-state index contributed by atoms with van der Waals surface area (Å²) in [5.74, 6) is 1.36. The molecule has 2 N–H and O–H groups in total. The SMILES string of the molecule is COc1ccc(Nc2nc(NC3CCCCCC3)nc(N3CC4=CCCN4C3)n2)cc1F. The number of benzene rings is 1. The molecule has 0 radical (unpaired) electrons. The molecule has 1 aromatic carbocycles. The Balaban J connectivity index is 1.41. The maximum Gasteiger partial charge on any atom is 0.233 e. The number of hydrogen-bond acceptors (Lipinski definition) is 8. The van der Waals surface area contributed by atoms with Crippen LogP contribution in [0.5, 0.6) is 5.75 Å². The molecule has 0 amide bonds. The fraction of sp³-hybridized carbons (Fsp3) is 0.522. The zero-order valence-corrected chi connectivity index (χ0v) is 18.5. The number of fused-ring (bicyclic) bond motifs is 1. The van der Waals surface area contributed by atoms with Crippen molar-refractivity contribution in [3.63, 3.8) is 0 Å². The highest BCUT2D eigenvalue weighted by Crippen LogP contribution is 2.29. The van der Waals surface area contributed by atoms with Gasteiger partial charge >= 0.3 is 0 Å². The van der Waals surface area contributed by atoms with Crippen molar-refractivity contribution >= 4 is 23.5 Å². The first-order valence-electron chi connectivity index (χ1n) is 11.5. The molecule has 2 fully saturated rings. The van der Waals surface area contributed by atoms with E-state index < -0.39 is 5.82 Å². The number of aromatic nitrogens is 3. The summed E-state index contributed by atoms with van der Waals surface area (Å²) in [6, 6.07) is 5.09. The average molecular weight is 440 g/mol. The summed E-state index contributed by atoms with van der Waals surface area (Å²) in [6.45, 7) is 2.61. The second-order valence-electron chi connectivity index (χ2n) is 8.68. The molecule has 0 unspecified atom stereocenters. The van der Waals surface area contributed by atoms with E-state index in [4.69, 9.17) is 9.72 Å². The molecule has 9 heteroatoms. The number of rotatable bonds is 6. The molecule has 0 bridgehead atoms. The van der Waals surface area contributed by atoms with Crippen LogP contribution in [0.25, 0.3) is 0 Å². The molecule has 1 aromatic heterocycles. The van der Waals surface area contributed by atoms with Crippen LogP contribution in [0.3, 0.4) is 0 Å². The summed E-state index contributed by atoms with van der Waals surface area (Å²) >= 11 is 0. The van der Waals surface area contributed by atoms with Gasteiger partial charge in [0.2, 0.25) is 17.8 Å². The lowest BCUT2D eigenvalue weighted by molar-refractivity contribution is 0.386. The van der Waals surface area contributed by atoms with Gasteiger partial charge < -0.3 is 25.2 Å². The summed E-state index contributed by atoms with van der Waals surface area (Å²) in [5, 5.41) is 6.69. The van der Waals surface area contributed by atoms with Gasteiger partial charge in [-0.15, -0.1) is 0 Å². The van der Waals surface area contributed by atoms with Crippen molar-refractivity contribution < 1.29 is 9.13 Å². The zero-order valence-electron chi connectivity index (χ0n) is 18.5. The summed E-state index contributed by atoms with van der Waals surface area (Å²) in [4.78, 5) is 18.6. The number of ether oxygens (including phenoxy) is 1. The van der Waals surface area contributed by atoms with Gasteiger partial charge in [-0.2, -0.15) is 15.0 Å². The molecule has 3 aliphatic rings. The highest BCUT2D eigenvalue weighted by atomic mass is 19.1. The molecular formula is C23H30FN7O. The normalized spacial score (nSPS) is 18.9. The molecule has 0 spiro atoms. The second kappa shape index (κ2) is 9.18. The third-order valence-corrected chi connectivity index (χ3v) is 6.38. The number of nitrogens with zero attached hydrogens (tertiary/aromatic N) is 5. The fourth-order valence-electron chi connectivity index (χ4n) is 4.68. The maximum absolute atomic E-state index is 14.2. The number of nitrogens with one attached hydrogen (secondary N) is 2. The lowest BCUT2D eigenvalue weighted by Gasteiger charge is -2.21. The summed E-state index contributed by atoms with van der Waals surface area (Å²) in [7, 11) is 1.45. The van der Waals surface area contributed by atoms with Crippen LogP contribution in [-0.4, -0.2) is 52.8 Å². The van der Waals surface area contributed by atoms with Crippen LogP contribution < -0.4 is 20.3 Å². The molecule has 5 rings (SSSR count). The van der Waals surface area contributed by atoms with Gasteiger partial charge in [-0.25, -0.2) is 4.39 Å². The summed E-state index contributed by atoms with van der Waals surface area (Å²) in [5.41, 5.74) is 1.89. The van der Waals surface area contributed by atoms with Gasteiger partial charge in [-0.3, -0.25) is 0 Å². The molecule has 0 atom stereocenters. The molecule has 1 saturated heterocycles. The van der Waals surface area contributed by atoms with Gasteiger partial charge in [0.1, 0.15) is 0 Å². The van der Waals surface area contributed by atoms with Gasteiger partial charge in [0, 0.05) is 30.0 Å². The van der Waals surface area contributed by atoms with Crippen LogP contribution in [0.15, 0.2) is 30.0 Å². The number of methoxy groups -OCH3 is 1. The predicted molar refractivity (Wildman–Crippen MR) is 123 cm³/mol. The van der Waals surface area contributed by atoms with Crippen LogP contribution in [0, 0.1) is 5.82 Å². The minimum atomic E-state index is -0.435. The highest BCUT2D eigenvalue weighted by Gasteiger charge is 2.29. The van der Waals surface area contributed by atoms with E-state index in [1.54, 1.807) is 12.1 Å². The van der Waals surface area contributed by atoms with Gasteiger partial charge in [0.05, 0.1) is 20.3 Å². The van der Waals surface area contributed by atoms with E-state index in [9.17, 15) is 4.39 Å². The Bertz CT molecular complexity index is 990. The van der Waals surface area contributed by atoms with Crippen molar-refractivity contribution in [3.05, 3.63) is 35.8 Å². The van der Waals surface area contributed by atoms with Gasteiger partial charge in [0.15, 0.2) is 11.6 Å². The van der Waals surface area contributed by atoms with Gasteiger partial charge in [-0.05, 0) is 31.4 Å². The van der Waals surface area contributed by atoms with Crippen LogP contribution >= 0.6 is 0 Å². The van der Waals surface area contributed by atoms with Crippen LogP contribution in [0.2, 0.25) is 0 Å². The molecule has 3 heterocycles. The zero-order chi connectivity index (χ0) is 21.9. The van der Waals surface area contributed by atoms with Crippen molar-refractivity contribution in [1.82, 2.24) is 19.9 Å². The standard InChI is InChI=1S/C23H30FN7O/c1-32-20-11-10-17(13-19(20)24)26-22-27-21(25-16-7-4-2-3-5-8-16)28-23(29-22)31-14-18-9-6-12-30(18)15-31/h9-11,13,16H,2-8,12,14-15H2,1H3,(H2,25,26,27,28,29). The first-order valence-corrected chi connectivity index (χ1v) is 11.5. The molecule has 2 aromatic rings. The fourth-order valence-corrected chi connectivity index (χ4v) is 4.68. The van der Waals surface area contributed by atoms with Crippen molar-refractivity contribution in [2.75, 3.05) is 42.4 Å². The average Bonchev–Trinajstić information content (AvgIpc) is 3.29. The van der Waals surface area contributed by atoms with Crippen molar-refractivity contribution in [2.45, 2.75) is 51.0 Å². The smallest absolute Gasteiger partial charge is 0.233 e. The van der Waals surface area contributed by atoms with E-state index in [-0.39, 0.29) is 5.75 Å². The van der Waals surface area contributed by atoms with Crippen molar-refractivity contribution in [2.24, 2.45) is 0 Å².